The number of hydrogen-bond donors (Lipinski definition) is 0. The zero-order valence-corrected chi connectivity index (χ0v) is 54.3. The van der Waals surface area contributed by atoms with E-state index in [0.29, 0.717) is 60.0 Å². The standard InChI is InChI=1S/C36H102N21O4P7/c1-40(2)28-49(19)65(50(20)29-41(3)4,51(21)30-42(5)6)37-62-59-68(58,60-63-38-66(52(22)31-43(7)8,53(23)32-44(9)10)54(24)33-45(11)12)61-64-39-67(55(25)34-46(13)14,56(26)35-47(15)16)57(27)36-48(17)18/h62-64H,28-36H2,1-27H3. The SMILES string of the molecule is CN(C)CN(C)P(=NPOP(=O)(OPN=P(N(C)CN(C)C)(N(C)CN(C)C)N(C)CN(C)C)OPN=P(N(C)CN(C)C)(N(C)CN(C)C)N(C)CN(C)C)(N(C)CN(C)C)N(C)CN(C)C. The van der Waals surface area contributed by atoms with Crippen LogP contribution in [0, 0.1) is 0 Å². The van der Waals surface area contributed by atoms with E-state index in [2.05, 4.69) is 150 Å². The minimum absolute atomic E-state index is 0.614. The predicted molar refractivity (Wildman–Crippen MR) is 301 cm³/mol. The van der Waals surface area contributed by atoms with Gasteiger partial charge in [0.25, 0.3) is 0 Å². The van der Waals surface area contributed by atoms with E-state index in [1.165, 1.54) is 0 Å². The third-order valence-corrected chi connectivity index (χ3v) is 26.7. The Kier molecular flexibility index (Phi) is 33.4. The fraction of sp³-hybridized carbons (Fsp3) is 1.00. The van der Waals surface area contributed by atoms with Crippen LogP contribution in [-0.2, 0) is 17.5 Å². The third-order valence-electron chi connectivity index (χ3n) is 9.49. The maximum absolute atomic E-state index is 15.6. The molecule has 0 radical (unpaired) electrons. The van der Waals surface area contributed by atoms with Crippen LogP contribution in [0.1, 0.15) is 0 Å². The first-order valence-electron chi connectivity index (χ1n) is 22.2. The van der Waals surface area contributed by atoms with Gasteiger partial charge in [-0.2, -0.15) is 0 Å². The van der Waals surface area contributed by atoms with Gasteiger partial charge in [0.05, 0.1) is 60.0 Å². The van der Waals surface area contributed by atoms with Crippen molar-refractivity contribution in [2.75, 3.05) is 250 Å². The molecule has 0 heterocycles. The molecule has 0 spiro atoms. The highest BCUT2D eigenvalue weighted by molar-refractivity contribution is 7.70. The van der Waals surface area contributed by atoms with E-state index < -0.39 is 57.2 Å². The molecule has 0 N–H and O–H groups in total. The lowest BCUT2D eigenvalue weighted by molar-refractivity contribution is 0.223. The van der Waals surface area contributed by atoms with Crippen molar-refractivity contribution in [3.63, 3.8) is 0 Å². The van der Waals surface area contributed by atoms with E-state index in [1.807, 2.05) is 127 Å². The fourth-order valence-corrected chi connectivity index (χ4v) is 27.3. The first kappa shape index (κ1) is 69.4. The summed E-state index contributed by atoms with van der Waals surface area (Å²) in [5, 5.41) is 0. The van der Waals surface area contributed by atoms with Crippen LogP contribution in [0.4, 0.5) is 0 Å². The van der Waals surface area contributed by atoms with Gasteiger partial charge in [0.15, 0.2) is 49.4 Å². The molecule has 0 saturated carbocycles. The maximum Gasteiger partial charge on any atom is 0.488 e. The molecule has 0 fully saturated rings. The van der Waals surface area contributed by atoms with Crippen molar-refractivity contribution >= 4 is 57.2 Å². The summed E-state index contributed by atoms with van der Waals surface area (Å²) in [5.74, 6) is 0. The lowest BCUT2D eigenvalue weighted by Gasteiger charge is -2.47. The van der Waals surface area contributed by atoms with Crippen molar-refractivity contribution in [2.45, 2.75) is 0 Å². The molecule has 0 aromatic carbocycles. The second-order valence-corrected chi connectivity index (χ2v) is 35.2. The summed E-state index contributed by atoms with van der Waals surface area (Å²) in [7, 11) is 41.0. The van der Waals surface area contributed by atoms with E-state index >= 15 is 4.57 Å². The lowest BCUT2D eigenvalue weighted by Crippen LogP contribution is -2.44. The van der Waals surface area contributed by atoms with Crippen molar-refractivity contribution in [3.05, 3.63) is 0 Å². The van der Waals surface area contributed by atoms with Crippen LogP contribution in [0.15, 0.2) is 13.5 Å². The largest absolute Gasteiger partial charge is 0.488 e. The highest BCUT2D eigenvalue weighted by Crippen LogP contribution is 2.70. The van der Waals surface area contributed by atoms with Gasteiger partial charge < -0.3 is 0 Å². The van der Waals surface area contributed by atoms with Crippen LogP contribution in [0.5, 0.6) is 0 Å². The Balaban J connectivity index is 8.43. The van der Waals surface area contributed by atoms with Gasteiger partial charge in [0.2, 0.25) is 0 Å². The first-order chi connectivity index (χ1) is 31.2. The molecule has 0 amide bonds. The quantitative estimate of drug-likeness (QED) is 0.0639. The summed E-state index contributed by atoms with van der Waals surface area (Å²) in [6.45, 7) is 5.53. The molecule has 3 atom stereocenters. The molecule has 0 saturated heterocycles. The minimum atomic E-state index is -4.45. The van der Waals surface area contributed by atoms with Crippen LogP contribution in [-0.4, -0.2) is 336 Å². The van der Waals surface area contributed by atoms with Crippen LogP contribution in [0.3, 0.4) is 0 Å². The number of nitrogens with zero attached hydrogens (tertiary/aromatic N) is 21. The Labute approximate surface area is 423 Å². The van der Waals surface area contributed by atoms with E-state index in [-0.39, 0.29) is 0 Å². The zero-order chi connectivity index (χ0) is 53.1. The minimum Gasteiger partial charge on any atom is -0.296 e. The molecule has 0 aliphatic rings. The molecule has 3 unspecified atom stereocenters. The van der Waals surface area contributed by atoms with Crippen LogP contribution in [0.2, 0.25) is 0 Å². The van der Waals surface area contributed by atoms with Gasteiger partial charge in [-0.3, -0.25) is 44.1 Å². The number of hydrogen-bond acceptors (Lipinski definition) is 16. The van der Waals surface area contributed by atoms with Crippen LogP contribution < -0.4 is 0 Å². The van der Waals surface area contributed by atoms with Crippen molar-refractivity contribution in [1.82, 2.24) is 86.1 Å². The van der Waals surface area contributed by atoms with E-state index in [4.69, 9.17) is 26.5 Å². The van der Waals surface area contributed by atoms with E-state index in [9.17, 15) is 0 Å². The van der Waals surface area contributed by atoms with Gasteiger partial charge >= 0.3 is 7.82 Å². The van der Waals surface area contributed by atoms with Crippen molar-refractivity contribution in [3.8, 4) is 0 Å². The van der Waals surface area contributed by atoms with Crippen LogP contribution in [0.25, 0.3) is 0 Å². The topological polar surface area (TPSA) is 140 Å². The summed E-state index contributed by atoms with van der Waals surface area (Å²) in [6.07, 6.45) is 0. The Morgan fingerprint density at radius 3 is 0.485 bits per heavy atom. The summed E-state index contributed by atoms with van der Waals surface area (Å²) in [4.78, 5) is 19.1. The average Bonchev–Trinajstić information content (AvgIpc) is 3.14. The number of rotatable bonds is 36. The second kappa shape index (κ2) is 32.7. The molecule has 0 rings (SSSR count). The fourth-order valence-electron chi connectivity index (χ4n) is 7.91. The second-order valence-electron chi connectivity index (χ2n) is 19.8. The maximum atomic E-state index is 15.6. The summed E-state index contributed by atoms with van der Waals surface area (Å²) >= 11 is 0. The highest BCUT2D eigenvalue weighted by Gasteiger charge is 2.41. The molecule has 25 nitrogen and oxygen atoms in total. The normalized spacial score (nSPS) is 15.4. The third kappa shape index (κ3) is 22.3. The summed E-state index contributed by atoms with van der Waals surface area (Å²) in [6, 6.07) is 0. The monoisotopic (exact) mass is 1110 g/mol. The zero-order valence-electron chi connectivity index (χ0n) is 47.7. The molecule has 0 aliphatic carbocycles. The first-order valence-corrected chi connectivity index (χ1v) is 31.0. The molecular formula is C36H102N21O4P7. The Hall–Kier alpha value is 1.37. The van der Waals surface area contributed by atoms with E-state index in [0.717, 1.165) is 0 Å². The molecule has 68 heavy (non-hydrogen) atoms. The van der Waals surface area contributed by atoms with Crippen molar-refractivity contribution < 1.29 is 17.5 Å². The van der Waals surface area contributed by atoms with Gasteiger partial charge in [-0.1, -0.05) is 0 Å². The molecule has 410 valence electrons. The van der Waals surface area contributed by atoms with Crippen molar-refractivity contribution in [2.24, 2.45) is 13.5 Å². The molecular weight excluding hydrogens is 1010 g/mol. The molecule has 0 bridgehead atoms. The molecule has 0 aromatic rings. The van der Waals surface area contributed by atoms with E-state index in [1.54, 1.807) is 0 Å². The summed E-state index contributed by atoms with van der Waals surface area (Å²) in [5.41, 5.74) is 0. The van der Waals surface area contributed by atoms with Crippen LogP contribution >= 0.6 is 57.2 Å². The summed E-state index contributed by atoms with van der Waals surface area (Å²) < 4.78 is 71.8. The Bertz CT molecular complexity index is 1310. The smallest absolute Gasteiger partial charge is 0.296 e. The molecule has 0 aliphatic heterocycles. The highest BCUT2D eigenvalue weighted by atomic mass is 31.3. The lowest BCUT2D eigenvalue weighted by atomic mass is 10.8. The predicted octanol–water partition coefficient (Wildman–Crippen LogP) is 4.57. The average molecular weight is 1110 g/mol. The van der Waals surface area contributed by atoms with Gasteiger partial charge in [-0.15, -0.1) is 0 Å². The molecule has 0 aromatic heterocycles. The van der Waals surface area contributed by atoms with Gasteiger partial charge in [-0.05, 0) is 190 Å². The molecule has 32 heteroatoms. The number of phosphoric acid groups is 1. The Morgan fingerprint density at radius 2 is 0.382 bits per heavy atom. The Morgan fingerprint density at radius 1 is 0.265 bits per heavy atom. The van der Waals surface area contributed by atoms with Crippen molar-refractivity contribution in [1.29, 1.82) is 0 Å². The van der Waals surface area contributed by atoms with Gasteiger partial charge in [-0.25, -0.2) is 73.1 Å². The van der Waals surface area contributed by atoms with Gasteiger partial charge in [0.1, 0.15) is 0 Å². The van der Waals surface area contributed by atoms with Gasteiger partial charge in [0, 0.05) is 0 Å².